The number of allylic oxidation sites excluding steroid dienone is 3. The lowest BCUT2D eigenvalue weighted by molar-refractivity contribution is 0.279. The van der Waals surface area contributed by atoms with Crippen LogP contribution in [0.15, 0.2) is 95.7 Å². The van der Waals surface area contributed by atoms with Crippen LogP contribution in [-0.2, 0) is 19.6 Å². The highest BCUT2D eigenvalue weighted by atomic mass is 16.5. The molecule has 1 aliphatic heterocycles. The Labute approximate surface area is 200 Å². The number of hydrogen-bond acceptors (Lipinski definition) is 4. The average Bonchev–Trinajstić information content (AvgIpc) is 3.55. The molecule has 168 valence electrons. The molecule has 0 bridgehead atoms. The highest BCUT2D eigenvalue weighted by Gasteiger charge is 2.07. The molecule has 2 aliphatic rings. The van der Waals surface area contributed by atoms with E-state index in [9.17, 15) is 5.11 Å². The lowest BCUT2D eigenvalue weighted by Crippen LogP contribution is -2.00. The van der Waals surface area contributed by atoms with Crippen molar-refractivity contribution >= 4 is 23.9 Å². The first-order valence-corrected chi connectivity index (χ1v) is 11.4. The van der Waals surface area contributed by atoms with E-state index in [0.717, 1.165) is 28.8 Å². The van der Waals surface area contributed by atoms with Crippen molar-refractivity contribution in [1.82, 2.24) is 4.98 Å². The Bertz CT molecular complexity index is 1330. The first-order valence-electron chi connectivity index (χ1n) is 11.4. The second kappa shape index (κ2) is 10.3. The van der Waals surface area contributed by atoms with Gasteiger partial charge in [0.15, 0.2) is 0 Å². The van der Waals surface area contributed by atoms with E-state index in [4.69, 9.17) is 4.74 Å². The number of hydrogen-bond donors (Lipinski definition) is 1. The minimum atomic E-state index is -0.00749. The molecule has 2 aromatic carbocycles. The molecule has 0 radical (unpaired) electrons. The van der Waals surface area contributed by atoms with E-state index in [2.05, 4.69) is 58.6 Å². The zero-order valence-corrected chi connectivity index (χ0v) is 18.9. The fourth-order valence-electron chi connectivity index (χ4n) is 4.05. The molecule has 0 saturated heterocycles. The number of aliphatic imine (C=N–C) groups is 1. The molecule has 3 aromatic rings. The van der Waals surface area contributed by atoms with Crippen LogP contribution in [0.4, 0.5) is 0 Å². The third kappa shape index (κ3) is 5.30. The third-order valence-corrected chi connectivity index (χ3v) is 5.91. The fourth-order valence-corrected chi connectivity index (χ4v) is 4.05. The van der Waals surface area contributed by atoms with Gasteiger partial charge in [0.05, 0.1) is 18.9 Å². The van der Waals surface area contributed by atoms with Crippen molar-refractivity contribution in [3.63, 3.8) is 0 Å². The molecular weight excluding hydrogens is 420 g/mol. The Balaban J connectivity index is 1.26. The van der Waals surface area contributed by atoms with Gasteiger partial charge >= 0.3 is 0 Å². The normalized spacial score (nSPS) is 14.6. The average molecular weight is 447 g/mol. The summed E-state index contributed by atoms with van der Waals surface area (Å²) in [4.78, 5) is 8.87. The quantitative estimate of drug-likeness (QED) is 0.474. The minimum absolute atomic E-state index is 0.00749. The molecule has 4 heteroatoms. The van der Waals surface area contributed by atoms with Crippen LogP contribution in [0.3, 0.4) is 0 Å². The van der Waals surface area contributed by atoms with Gasteiger partial charge in [0.2, 0.25) is 5.88 Å². The van der Waals surface area contributed by atoms with Crippen molar-refractivity contribution in [3.8, 4) is 5.88 Å². The van der Waals surface area contributed by atoms with Crippen molar-refractivity contribution in [2.75, 3.05) is 6.54 Å². The van der Waals surface area contributed by atoms with Crippen molar-refractivity contribution in [2.45, 2.75) is 19.6 Å². The second-order valence-corrected chi connectivity index (χ2v) is 8.34. The standard InChI is InChI=1S/C30H26N2O2/c33-20-24-10-12-26(28(17-24)21-34-30-6-1-2-15-31-30)13-14-29-18-23(19-32-29)8-7-22-9-11-25-4-3-5-27(25)16-22/h1-4,6-18,33H,5,19-21H2/b8-7+,14-13+. The van der Waals surface area contributed by atoms with E-state index >= 15 is 0 Å². The van der Waals surface area contributed by atoms with Gasteiger partial charge in [-0.1, -0.05) is 66.8 Å². The van der Waals surface area contributed by atoms with E-state index in [-0.39, 0.29) is 6.61 Å². The molecule has 2 heterocycles. The summed E-state index contributed by atoms with van der Waals surface area (Å²) in [6.45, 7) is 1.05. The van der Waals surface area contributed by atoms with Gasteiger partial charge in [-0.15, -0.1) is 0 Å². The van der Waals surface area contributed by atoms with Gasteiger partial charge < -0.3 is 9.84 Å². The molecule has 1 aromatic heterocycles. The number of fused-ring (bicyclic) bond motifs is 1. The number of ether oxygens (including phenoxy) is 1. The molecule has 0 atom stereocenters. The summed E-state index contributed by atoms with van der Waals surface area (Å²) in [6, 6.07) is 18.1. The number of aliphatic hydroxyl groups excluding tert-OH is 1. The van der Waals surface area contributed by atoms with Crippen LogP contribution in [0.5, 0.6) is 5.88 Å². The summed E-state index contributed by atoms with van der Waals surface area (Å²) in [7, 11) is 0. The van der Waals surface area contributed by atoms with Gasteiger partial charge in [-0.25, -0.2) is 4.98 Å². The Kier molecular flexibility index (Phi) is 6.59. The largest absolute Gasteiger partial charge is 0.473 e. The highest BCUT2D eigenvalue weighted by molar-refractivity contribution is 6.08. The number of nitrogens with zero attached hydrogens (tertiary/aromatic N) is 2. The number of aliphatic hydroxyl groups is 1. The maximum atomic E-state index is 9.54. The number of aromatic nitrogens is 1. The third-order valence-electron chi connectivity index (χ3n) is 5.91. The van der Waals surface area contributed by atoms with E-state index in [1.165, 1.54) is 22.3 Å². The fraction of sp³-hybridized carbons (Fsp3) is 0.133. The first-order chi connectivity index (χ1) is 16.8. The van der Waals surface area contributed by atoms with Gasteiger partial charge in [-0.3, -0.25) is 4.99 Å². The van der Waals surface area contributed by atoms with Crippen molar-refractivity contribution < 1.29 is 9.84 Å². The van der Waals surface area contributed by atoms with Crippen molar-refractivity contribution in [1.29, 1.82) is 0 Å². The summed E-state index contributed by atoms with van der Waals surface area (Å²) in [5.74, 6) is 0.575. The van der Waals surface area contributed by atoms with Gasteiger partial charge in [0.1, 0.15) is 6.61 Å². The molecule has 4 nitrogen and oxygen atoms in total. The summed E-state index contributed by atoms with van der Waals surface area (Å²) in [5.41, 5.74) is 8.93. The van der Waals surface area contributed by atoms with Crippen LogP contribution in [0, 0.1) is 0 Å². The molecule has 34 heavy (non-hydrogen) atoms. The molecule has 0 saturated carbocycles. The molecule has 5 rings (SSSR count). The summed E-state index contributed by atoms with van der Waals surface area (Å²) >= 11 is 0. The van der Waals surface area contributed by atoms with Gasteiger partial charge in [0, 0.05) is 12.3 Å². The van der Waals surface area contributed by atoms with E-state index < -0.39 is 0 Å². The Hall–Kier alpha value is -4.02. The lowest BCUT2D eigenvalue weighted by Gasteiger charge is -2.10. The van der Waals surface area contributed by atoms with Crippen LogP contribution >= 0.6 is 0 Å². The number of rotatable bonds is 8. The molecule has 1 aliphatic carbocycles. The van der Waals surface area contributed by atoms with E-state index in [0.29, 0.717) is 19.0 Å². The Morgan fingerprint density at radius 1 is 0.971 bits per heavy atom. The zero-order valence-electron chi connectivity index (χ0n) is 18.9. The summed E-state index contributed by atoms with van der Waals surface area (Å²) in [6.07, 6.45) is 17.6. The molecular formula is C30H26N2O2. The van der Waals surface area contributed by atoms with Crippen molar-refractivity contribution in [3.05, 3.63) is 124 Å². The maximum Gasteiger partial charge on any atom is 0.213 e. The predicted octanol–water partition coefficient (Wildman–Crippen LogP) is 5.83. The SMILES string of the molecule is OCc1ccc(/C=C/C2=NCC(/C=C/c3ccc4c(c3)CC=C4)=C2)c(COc2ccccn2)c1. The van der Waals surface area contributed by atoms with Crippen LogP contribution in [0.2, 0.25) is 0 Å². The molecule has 0 spiro atoms. The number of benzene rings is 2. The smallest absolute Gasteiger partial charge is 0.213 e. The maximum absolute atomic E-state index is 9.54. The van der Waals surface area contributed by atoms with Gasteiger partial charge in [-0.05, 0) is 69.7 Å². The second-order valence-electron chi connectivity index (χ2n) is 8.34. The van der Waals surface area contributed by atoms with Gasteiger partial charge in [0.25, 0.3) is 0 Å². The van der Waals surface area contributed by atoms with Crippen LogP contribution in [0.25, 0.3) is 18.2 Å². The van der Waals surface area contributed by atoms with E-state index in [1.807, 2.05) is 48.6 Å². The minimum Gasteiger partial charge on any atom is -0.473 e. The number of pyridine rings is 1. The Morgan fingerprint density at radius 3 is 2.82 bits per heavy atom. The first kappa shape index (κ1) is 21.8. The van der Waals surface area contributed by atoms with Crippen LogP contribution < -0.4 is 4.74 Å². The molecule has 1 N–H and O–H groups in total. The van der Waals surface area contributed by atoms with E-state index in [1.54, 1.807) is 6.20 Å². The zero-order chi connectivity index (χ0) is 23.2. The van der Waals surface area contributed by atoms with Crippen molar-refractivity contribution in [2.24, 2.45) is 4.99 Å². The molecule has 0 fully saturated rings. The topological polar surface area (TPSA) is 54.7 Å². The molecule has 0 amide bonds. The summed E-state index contributed by atoms with van der Waals surface area (Å²) < 4.78 is 5.84. The predicted molar refractivity (Wildman–Crippen MR) is 139 cm³/mol. The summed E-state index contributed by atoms with van der Waals surface area (Å²) in [5, 5.41) is 9.54. The Morgan fingerprint density at radius 2 is 1.94 bits per heavy atom. The lowest BCUT2D eigenvalue weighted by atomic mass is 10.0. The van der Waals surface area contributed by atoms with Crippen LogP contribution in [-0.4, -0.2) is 22.3 Å². The van der Waals surface area contributed by atoms with Gasteiger partial charge in [-0.2, -0.15) is 0 Å². The highest BCUT2D eigenvalue weighted by Crippen LogP contribution is 2.22. The monoisotopic (exact) mass is 446 g/mol. The van der Waals surface area contributed by atoms with Crippen LogP contribution in [0.1, 0.15) is 33.4 Å². The molecule has 0 unspecified atom stereocenters.